The average Bonchev–Trinajstić information content (AvgIpc) is 2.89. The Morgan fingerprint density at radius 1 is 1.24 bits per heavy atom. The van der Waals surface area contributed by atoms with E-state index in [1.807, 2.05) is 22.8 Å². The molecule has 0 saturated heterocycles. The van der Waals surface area contributed by atoms with Crippen LogP contribution in [0.15, 0.2) is 42.1 Å². The molecule has 0 amide bonds. The van der Waals surface area contributed by atoms with Crippen LogP contribution in [-0.4, -0.2) is 29.0 Å². The number of rotatable bonds is 8. The van der Waals surface area contributed by atoms with Crippen molar-refractivity contribution in [2.75, 3.05) is 14.2 Å². The van der Waals surface area contributed by atoms with Crippen LogP contribution in [0.2, 0.25) is 0 Å². The summed E-state index contributed by atoms with van der Waals surface area (Å²) >= 11 is 1.65. The Hall–Kier alpha value is -1.79. The first-order valence-electron chi connectivity index (χ1n) is 6.56. The molecule has 2 rings (SSSR count). The molecule has 21 heavy (non-hydrogen) atoms. The lowest BCUT2D eigenvalue weighted by Gasteiger charge is -2.07. The lowest BCUT2D eigenvalue weighted by atomic mass is 10.2. The molecule has 0 saturated carbocycles. The molecule has 0 aliphatic rings. The normalized spacial score (nSPS) is 10.6. The van der Waals surface area contributed by atoms with Crippen LogP contribution >= 0.6 is 11.8 Å². The van der Waals surface area contributed by atoms with Gasteiger partial charge in [-0.2, -0.15) is 0 Å². The number of allylic oxidation sites excluding steroid dienone is 1. The fraction of sp³-hybridized carbons (Fsp3) is 0.333. The molecule has 1 heterocycles. The van der Waals surface area contributed by atoms with Gasteiger partial charge in [-0.1, -0.05) is 30.0 Å². The predicted molar refractivity (Wildman–Crippen MR) is 83.5 cm³/mol. The highest BCUT2D eigenvalue weighted by molar-refractivity contribution is 7.98. The van der Waals surface area contributed by atoms with Gasteiger partial charge in [-0.05, 0) is 17.7 Å². The first kappa shape index (κ1) is 15.6. The monoisotopic (exact) mass is 305 g/mol. The third kappa shape index (κ3) is 4.09. The van der Waals surface area contributed by atoms with Gasteiger partial charge >= 0.3 is 0 Å². The number of ether oxygens (including phenoxy) is 2. The van der Waals surface area contributed by atoms with Gasteiger partial charge in [0.15, 0.2) is 11.0 Å². The van der Waals surface area contributed by atoms with E-state index in [1.165, 1.54) is 5.56 Å². The van der Waals surface area contributed by atoms with E-state index < -0.39 is 0 Å². The summed E-state index contributed by atoms with van der Waals surface area (Å²) in [7, 11) is 3.32. The van der Waals surface area contributed by atoms with Gasteiger partial charge in [0.25, 0.3) is 0 Å². The summed E-state index contributed by atoms with van der Waals surface area (Å²) in [5.74, 6) is 2.50. The molecule has 0 spiro atoms. The molecule has 0 N–H and O–H groups in total. The molecule has 0 aliphatic heterocycles. The number of nitrogens with zero attached hydrogens (tertiary/aromatic N) is 3. The van der Waals surface area contributed by atoms with E-state index in [2.05, 4.69) is 28.9 Å². The molecule has 1 aromatic heterocycles. The van der Waals surface area contributed by atoms with Crippen LogP contribution in [0.1, 0.15) is 11.4 Å². The lowest BCUT2D eigenvalue weighted by Crippen LogP contribution is -2.04. The topological polar surface area (TPSA) is 49.2 Å². The molecule has 0 fully saturated rings. The first-order chi connectivity index (χ1) is 10.3. The summed E-state index contributed by atoms with van der Waals surface area (Å²) in [5.41, 5.74) is 1.21. The molecule has 5 nitrogen and oxygen atoms in total. The molecule has 0 aliphatic carbocycles. The fourth-order valence-corrected chi connectivity index (χ4v) is 2.77. The Labute approximate surface area is 129 Å². The maximum Gasteiger partial charge on any atom is 0.191 e. The van der Waals surface area contributed by atoms with Gasteiger partial charge < -0.3 is 14.0 Å². The van der Waals surface area contributed by atoms with Crippen molar-refractivity contribution in [3.05, 3.63) is 48.3 Å². The third-order valence-electron chi connectivity index (χ3n) is 2.91. The fourth-order valence-electron chi connectivity index (χ4n) is 1.84. The van der Waals surface area contributed by atoms with Gasteiger partial charge in [0.1, 0.15) is 12.4 Å². The second-order valence-electron chi connectivity index (χ2n) is 4.37. The second-order valence-corrected chi connectivity index (χ2v) is 5.31. The number of hydrogen-bond donors (Lipinski definition) is 0. The van der Waals surface area contributed by atoms with E-state index in [1.54, 1.807) is 26.0 Å². The van der Waals surface area contributed by atoms with Crippen LogP contribution < -0.4 is 4.74 Å². The van der Waals surface area contributed by atoms with Gasteiger partial charge in [0.2, 0.25) is 0 Å². The van der Waals surface area contributed by atoms with Gasteiger partial charge in [-0.3, -0.25) is 0 Å². The largest absolute Gasteiger partial charge is 0.497 e. The van der Waals surface area contributed by atoms with Crippen molar-refractivity contribution in [1.29, 1.82) is 0 Å². The van der Waals surface area contributed by atoms with Gasteiger partial charge in [-0.25, -0.2) is 0 Å². The highest BCUT2D eigenvalue weighted by Crippen LogP contribution is 2.23. The zero-order chi connectivity index (χ0) is 15.1. The smallest absolute Gasteiger partial charge is 0.191 e. The minimum absolute atomic E-state index is 0.448. The molecule has 112 valence electrons. The lowest BCUT2D eigenvalue weighted by molar-refractivity contribution is 0.174. The van der Waals surface area contributed by atoms with Crippen LogP contribution in [0.5, 0.6) is 5.75 Å². The van der Waals surface area contributed by atoms with Crippen molar-refractivity contribution in [2.24, 2.45) is 0 Å². The Morgan fingerprint density at radius 3 is 2.62 bits per heavy atom. The van der Waals surface area contributed by atoms with E-state index in [0.29, 0.717) is 13.2 Å². The molecule has 0 atom stereocenters. The van der Waals surface area contributed by atoms with E-state index >= 15 is 0 Å². The number of aromatic nitrogens is 3. The van der Waals surface area contributed by atoms with E-state index in [4.69, 9.17) is 9.47 Å². The number of methoxy groups -OCH3 is 2. The van der Waals surface area contributed by atoms with Crippen LogP contribution in [0.3, 0.4) is 0 Å². The van der Waals surface area contributed by atoms with Crippen LogP contribution in [0.4, 0.5) is 0 Å². The number of thioether (sulfide) groups is 1. The molecule has 2 aromatic rings. The predicted octanol–water partition coefficient (Wildman–Crippen LogP) is 2.91. The molecule has 0 radical (unpaired) electrons. The Bertz CT molecular complexity index is 581. The van der Waals surface area contributed by atoms with Crippen molar-refractivity contribution in [2.45, 2.75) is 24.1 Å². The summed E-state index contributed by atoms with van der Waals surface area (Å²) < 4.78 is 12.3. The number of hydrogen-bond acceptors (Lipinski definition) is 5. The maximum absolute atomic E-state index is 5.16. The van der Waals surface area contributed by atoms with Gasteiger partial charge in [-0.15, -0.1) is 16.8 Å². The van der Waals surface area contributed by atoms with Crippen molar-refractivity contribution in [1.82, 2.24) is 14.8 Å². The highest BCUT2D eigenvalue weighted by Gasteiger charge is 2.11. The summed E-state index contributed by atoms with van der Waals surface area (Å²) in [6.45, 7) is 4.90. The third-order valence-corrected chi connectivity index (χ3v) is 3.94. The minimum Gasteiger partial charge on any atom is -0.497 e. The summed E-state index contributed by atoms with van der Waals surface area (Å²) in [4.78, 5) is 0. The molecule has 0 bridgehead atoms. The van der Waals surface area contributed by atoms with E-state index in [9.17, 15) is 0 Å². The minimum atomic E-state index is 0.448. The van der Waals surface area contributed by atoms with E-state index in [0.717, 1.165) is 22.5 Å². The number of benzene rings is 1. The molecule has 6 heteroatoms. The van der Waals surface area contributed by atoms with Crippen molar-refractivity contribution in [3.8, 4) is 5.75 Å². The standard InChI is InChI=1S/C15H19N3O2S/c1-4-9-18-14(10-19-2)16-17-15(18)21-11-12-5-7-13(20-3)8-6-12/h4-8H,1,9-11H2,2-3H3. The Kier molecular flexibility index (Phi) is 5.83. The Balaban J connectivity index is 2.06. The van der Waals surface area contributed by atoms with Crippen LogP contribution in [-0.2, 0) is 23.6 Å². The summed E-state index contributed by atoms with van der Waals surface area (Å²) in [5, 5.41) is 9.26. The van der Waals surface area contributed by atoms with Crippen molar-refractivity contribution in [3.63, 3.8) is 0 Å². The molecule has 1 aromatic carbocycles. The van der Waals surface area contributed by atoms with Gasteiger partial charge in [0.05, 0.1) is 7.11 Å². The zero-order valence-electron chi connectivity index (χ0n) is 12.3. The summed E-state index contributed by atoms with van der Waals surface area (Å²) in [6, 6.07) is 8.02. The molecular weight excluding hydrogens is 286 g/mol. The van der Waals surface area contributed by atoms with Crippen molar-refractivity contribution < 1.29 is 9.47 Å². The zero-order valence-corrected chi connectivity index (χ0v) is 13.1. The second kappa shape index (κ2) is 7.85. The van der Waals surface area contributed by atoms with Crippen LogP contribution in [0, 0.1) is 0 Å². The van der Waals surface area contributed by atoms with Gasteiger partial charge in [0, 0.05) is 19.4 Å². The van der Waals surface area contributed by atoms with Crippen molar-refractivity contribution >= 4 is 11.8 Å². The first-order valence-corrected chi connectivity index (χ1v) is 7.54. The molecule has 0 unspecified atom stereocenters. The molecular formula is C15H19N3O2S. The Morgan fingerprint density at radius 2 is 2.00 bits per heavy atom. The quantitative estimate of drug-likeness (QED) is 0.554. The highest BCUT2D eigenvalue weighted by atomic mass is 32.2. The average molecular weight is 305 g/mol. The summed E-state index contributed by atoms with van der Waals surface area (Å²) in [6.07, 6.45) is 1.83. The van der Waals surface area contributed by atoms with Crippen LogP contribution in [0.25, 0.3) is 0 Å². The van der Waals surface area contributed by atoms with E-state index in [-0.39, 0.29) is 0 Å². The maximum atomic E-state index is 5.16. The SMILES string of the molecule is C=CCn1c(COC)nnc1SCc1ccc(OC)cc1.